The SMILES string of the molecule is CCOCC.Clc1ccccc1.[Br-].[Br-].[Mg+2]. The molecular formula is C10H15Br2ClMgO. The summed E-state index contributed by atoms with van der Waals surface area (Å²) in [5.74, 6) is 0. The Kier molecular flexibility index (Phi) is 34.5. The molecule has 15 heavy (non-hydrogen) atoms. The van der Waals surface area contributed by atoms with Crippen LogP contribution >= 0.6 is 11.6 Å². The molecule has 84 valence electrons. The minimum Gasteiger partial charge on any atom is -1.00 e. The maximum atomic E-state index is 5.54. The van der Waals surface area contributed by atoms with Crippen molar-refractivity contribution in [2.45, 2.75) is 13.8 Å². The molecule has 0 saturated carbocycles. The number of halogens is 3. The molecule has 0 saturated heterocycles. The zero-order valence-corrected chi connectivity index (χ0v) is 14.4. The molecule has 1 rings (SSSR count). The summed E-state index contributed by atoms with van der Waals surface area (Å²) in [5, 5.41) is 0.794. The van der Waals surface area contributed by atoms with Crippen LogP contribution in [0.4, 0.5) is 0 Å². The maximum absolute atomic E-state index is 5.54. The minimum absolute atomic E-state index is 0. The summed E-state index contributed by atoms with van der Waals surface area (Å²) in [6, 6.07) is 9.44. The standard InChI is InChI=1S/C6H5Cl.C4H10O.2BrH.Mg/c7-6-4-2-1-3-5-6;1-3-5-4-2;;;/h1-5H;3-4H2,1-2H3;2*1H;/q;;;;+2/p-2. The zero-order valence-electron chi connectivity index (χ0n) is 9.05. The average Bonchev–Trinajstić information content (AvgIpc) is 2.08. The van der Waals surface area contributed by atoms with Crippen LogP contribution in [0, 0.1) is 0 Å². The van der Waals surface area contributed by atoms with Crippen LogP contribution in [0.2, 0.25) is 5.02 Å². The van der Waals surface area contributed by atoms with E-state index in [2.05, 4.69) is 0 Å². The average molecular weight is 371 g/mol. The van der Waals surface area contributed by atoms with Crippen LogP contribution < -0.4 is 34.0 Å². The number of benzene rings is 1. The first-order valence-corrected chi connectivity index (χ1v) is 4.47. The molecule has 0 unspecified atom stereocenters. The monoisotopic (exact) mass is 368 g/mol. The second-order valence-corrected chi connectivity index (χ2v) is 2.51. The van der Waals surface area contributed by atoms with Gasteiger partial charge in [0.2, 0.25) is 0 Å². The first-order valence-electron chi connectivity index (χ1n) is 4.09. The second kappa shape index (κ2) is 20.6. The quantitative estimate of drug-likeness (QED) is 0.505. The van der Waals surface area contributed by atoms with Gasteiger partial charge in [-0.3, -0.25) is 0 Å². The number of ether oxygens (including phenoxy) is 1. The van der Waals surface area contributed by atoms with Crippen molar-refractivity contribution in [3.63, 3.8) is 0 Å². The van der Waals surface area contributed by atoms with E-state index in [0.717, 1.165) is 18.2 Å². The Morgan fingerprint density at radius 2 is 1.40 bits per heavy atom. The maximum Gasteiger partial charge on any atom is 2.00 e. The third-order valence-corrected chi connectivity index (χ3v) is 1.39. The fourth-order valence-corrected chi connectivity index (χ4v) is 0.764. The summed E-state index contributed by atoms with van der Waals surface area (Å²) < 4.78 is 4.83. The van der Waals surface area contributed by atoms with Gasteiger partial charge in [0.15, 0.2) is 0 Å². The van der Waals surface area contributed by atoms with E-state index < -0.39 is 0 Å². The molecule has 5 heteroatoms. The molecule has 0 aliphatic carbocycles. The molecule has 0 radical (unpaired) electrons. The van der Waals surface area contributed by atoms with E-state index in [-0.39, 0.29) is 57.0 Å². The van der Waals surface area contributed by atoms with Crippen LogP contribution in [0.1, 0.15) is 13.8 Å². The summed E-state index contributed by atoms with van der Waals surface area (Å²) in [4.78, 5) is 0. The van der Waals surface area contributed by atoms with E-state index in [4.69, 9.17) is 16.3 Å². The van der Waals surface area contributed by atoms with E-state index in [0.29, 0.717) is 0 Å². The summed E-state index contributed by atoms with van der Waals surface area (Å²) in [7, 11) is 0. The molecule has 0 N–H and O–H groups in total. The predicted octanol–water partition coefficient (Wildman–Crippen LogP) is -2.99. The predicted molar refractivity (Wildman–Crippen MR) is 59.4 cm³/mol. The third kappa shape index (κ3) is 21.1. The Labute approximate surface area is 135 Å². The first kappa shape index (κ1) is 25.1. The topological polar surface area (TPSA) is 9.23 Å². The molecule has 1 aromatic carbocycles. The Hall–Kier alpha value is 1.20. The van der Waals surface area contributed by atoms with Gasteiger partial charge in [-0.1, -0.05) is 29.8 Å². The fourth-order valence-electron chi connectivity index (χ4n) is 0.619. The number of hydrogen-bond acceptors (Lipinski definition) is 1. The van der Waals surface area contributed by atoms with Gasteiger partial charge >= 0.3 is 23.1 Å². The normalized spacial score (nSPS) is 6.87. The molecule has 1 aromatic rings. The van der Waals surface area contributed by atoms with Crippen molar-refractivity contribution in [2.75, 3.05) is 13.2 Å². The largest absolute Gasteiger partial charge is 2.00 e. The molecule has 0 fully saturated rings. The van der Waals surface area contributed by atoms with Gasteiger partial charge in [0.05, 0.1) is 0 Å². The molecule has 0 aliphatic heterocycles. The summed E-state index contributed by atoms with van der Waals surface area (Å²) >= 11 is 5.54. The van der Waals surface area contributed by atoms with Crippen molar-refractivity contribution < 1.29 is 38.7 Å². The van der Waals surface area contributed by atoms with Gasteiger partial charge in [-0.05, 0) is 26.0 Å². The second-order valence-electron chi connectivity index (χ2n) is 2.08. The molecular weight excluding hydrogens is 356 g/mol. The third-order valence-electron chi connectivity index (χ3n) is 1.14. The van der Waals surface area contributed by atoms with Gasteiger partial charge < -0.3 is 38.7 Å². The molecule has 0 heterocycles. The molecule has 0 spiro atoms. The van der Waals surface area contributed by atoms with E-state index in [1.807, 2.05) is 44.2 Å². The van der Waals surface area contributed by atoms with E-state index in [9.17, 15) is 0 Å². The van der Waals surface area contributed by atoms with Gasteiger partial charge in [-0.25, -0.2) is 0 Å². The van der Waals surface area contributed by atoms with Crippen LogP contribution in [0.15, 0.2) is 30.3 Å². The van der Waals surface area contributed by atoms with E-state index in [1.54, 1.807) is 0 Å². The smallest absolute Gasteiger partial charge is 1.00 e. The van der Waals surface area contributed by atoms with Crippen molar-refractivity contribution in [3.05, 3.63) is 35.4 Å². The van der Waals surface area contributed by atoms with E-state index >= 15 is 0 Å². The van der Waals surface area contributed by atoms with Gasteiger partial charge in [-0.2, -0.15) is 0 Å². The molecule has 0 aliphatic rings. The van der Waals surface area contributed by atoms with Crippen LogP contribution in [0.5, 0.6) is 0 Å². The van der Waals surface area contributed by atoms with Gasteiger partial charge in [0.1, 0.15) is 0 Å². The zero-order chi connectivity index (χ0) is 9.23. The van der Waals surface area contributed by atoms with E-state index in [1.165, 1.54) is 0 Å². The van der Waals surface area contributed by atoms with Crippen molar-refractivity contribution in [1.82, 2.24) is 0 Å². The summed E-state index contributed by atoms with van der Waals surface area (Å²) in [6.45, 7) is 5.67. The van der Waals surface area contributed by atoms with Crippen LogP contribution in [-0.4, -0.2) is 36.3 Å². The number of hydrogen-bond donors (Lipinski definition) is 0. The molecule has 1 nitrogen and oxygen atoms in total. The van der Waals surface area contributed by atoms with Gasteiger partial charge in [0, 0.05) is 18.2 Å². The van der Waals surface area contributed by atoms with Crippen LogP contribution in [0.3, 0.4) is 0 Å². The fraction of sp³-hybridized carbons (Fsp3) is 0.400. The van der Waals surface area contributed by atoms with Crippen LogP contribution in [-0.2, 0) is 4.74 Å². The molecule has 0 aromatic heterocycles. The Morgan fingerprint density at radius 1 is 1.00 bits per heavy atom. The van der Waals surface area contributed by atoms with Crippen LogP contribution in [0.25, 0.3) is 0 Å². The molecule has 0 bridgehead atoms. The van der Waals surface area contributed by atoms with Crippen molar-refractivity contribution in [3.8, 4) is 0 Å². The Morgan fingerprint density at radius 3 is 1.53 bits per heavy atom. The first-order chi connectivity index (χ1) is 5.81. The minimum atomic E-state index is 0. The Balaban J connectivity index is -0.0000000701. The molecule has 0 atom stereocenters. The summed E-state index contributed by atoms with van der Waals surface area (Å²) in [5.41, 5.74) is 0. The van der Waals surface area contributed by atoms with Crippen molar-refractivity contribution in [2.24, 2.45) is 0 Å². The Bertz CT molecular complexity index is 186. The molecule has 0 amide bonds. The van der Waals surface area contributed by atoms with Crippen molar-refractivity contribution >= 4 is 34.7 Å². The van der Waals surface area contributed by atoms with Gasteiger partial charge in [0.25, 0.3) is 0 Å². The summed E-state index contributed by atoms with van der Waals surface area (Å²) in [6.07, 6.45) is 0. The van der Waals surface area contributed by atoms with Crippen molar-refractivity contribution in [1.29, 1.82) is 0 Å². The van der Waals surface area contributed by atoms with Gasteiger partial charge in [-0.15, -0.1) is 0 Å². The number of rotatable bonds is 2.